The number of hydrogen-bond acceptors (Lipinski definition) is 3. The number of hydrogen-bond donors (Lipinski definition) is 1. The van der Waals surface area contributed by atoms with Gasteiger partial charge in [-0.05, 0) is 23.6 Å². The molecular formula is C20H20N2O. The molecular weight excluding hydrogens is 284 g/mol. The minimum Gasteiger partial charge on any atom is -0.392 e. The molecule has 2 atom stereocenters. The molecule has 3 heteroatoms. The maximum atomic E-state index is 10.2. The van der Waals surface area contributed by atoms with Gasteiger partial charge in [0.1, 0.15) is 0 Å². The van der Waals surface area contributed by atoms with Crippen LogP contribution in [-0.4, -0.2) is 27.6 Å². The monoisotopic (exact) mass is 304 g/mol. The Morgan fingerprint density at radius 2 is 1.83 bits per heavy atom. The van der Waals surface area contributed by atoms with Gasteiger partial charge in [-0.3, -0.25) is 9.88 Å². The molecule has 116 valence electrons. The summed E-state index contributed by atoms with van der Waals surface area (Å²) in [5.74, 6) is 0. The molecule has 2 aromatic carbocycles. The van der Waals surface area contributed by atoms with E-state index in [0.29, 0.717) is 6.54 Å². The zero-order valence-electron chi connectivity index (χ0n) is 13.0. The normalized spacial score (nSPS) is 21.8. The van der Waals surface area contributed by atoms with Gasteiger partial charge in [0, 0.05) is 30.7 Å². The molecule has 1 aliphatic rings. The van der Waals surface area contributed by atoms with Crippen molar-refractivity contribution in [2.45, 2.75) is 25.1 Å². The minimum absolute atomic E-state index is 0.261. The molecule has 0 aliphatic carbocycles. The number of pyridine rings is 1. The van der Waals surface area contributed by atoms with E-state index in [1.165, 1.54) is 16.5 Å². The molecule has 1 saturated heterocycles. The lowest BCUT2D eigenvalue weighted by Crippen LogP contribution is -2.24. The Hall–Kier alpha value is -2.23. The first-order valence-corrected chi connectivity index (χ1v) is 8.11. The van der Waals surface area contributed by atoms with E-state index in [9.17, 15) is 5.11 Å². The fourth-order valence-corrected chi connectivity index (χ4v) is 3.59. The Labute approximate surface area is 136 Å². The summed E-state index contributed by atoms with van der Waals surface area (Å²) in [5.41, 5.74) is 3.55. The number of rotatable bonds is 3. The molecule has 0 bridgehead atoms. The lowest BCUT2D eigenvalue weighted by molar-refractivity contribution is 0.173. The van der Waals surface area contributed by atoms with Crippen molar-refractivity contribution in [3.05, 3.63) is 78.0 Å². The van der Waals surface area contributed by atoms with Crippen LogP contribution < -0.4 is 0 Å². The average Bonchev–Trinajstić information content (AvgIpc) is 2.96. The highest BCUT2D eigenvalue weighted by Crippen LogP contribution is 2.34. The van der Waals surface area contributed by atoms with Crippen molar-refractivity contribution in [1.29, 1.82) is 0 Å². The molecule has 0 spiro atoms. The van der Waals surface area contributed by atoms with Crippen molar-refractivity contribution in [3.8, 4) is 0 Å². The van der Waals surface area contributed by atoms with Crippen LogP contribution >= 0.6 is 0 Å². The number of aromatic nitrogens is 1. The summed E-state index contributed by atoms with van der Waals surface area (Å²) < 4.78 is 0. The predicted octanol–water partition coefficient (Wildman–Crippen LogP) is 3.54. The number of benzene rings is 2. The van der Waals surface area contributed by atoms with Crippen molar-refractivity contribution >= 4 is 10.9 Å². The quantitative estimate of drug-likeness (QED) is 0.804. The minimum atomic E-state index is -0.261. The van der Waals surface area contributed by atoms with Gasteiger partial charge in [0.25, 0.3) is 0 Å². The fourth-order valence-electron chi connectivity index (χ4n) is 3.59. The number of likely N-dealkylation sites (tertiary alicyclic amines) is 1. The average molecular weight is 304 g/mol. The van der Waals surface area contributed by atoms with E-state index >= 15 is 0 Å². The molecule has 1 N–H and O–H groups in total. The predicted molar refractivity (Wildman–Crippen MR) is 92.0 cm³/mol. The van der Waals surface area contributed by atoms with E-state index in [4.69, 9.17) is 0 Å². The maximum Gasteiger partial charge on any atom is 0.0746 e. The van der Waals surface area contributed by atoms with Gasteiger partial charge in [-0.1, -0.05) is 54.6 Å². The highest BCUT2D eigenvalue weighted by molar-refractivity contribution is 5.81. The van der Waals surface area contributed by atoms with E-state index in [1.54, 1.807) is 0 Å². The third kappa shape index (κ3) is 2.85. The number of aliphatic hydroxyl groups is 1. The number of β-amino-alcohol motifs (C(OH)–C–C–N with tert-alkyl or cyclic N) is 1. The van der Waals surface area contributed by atoms with Crippen molar-refractivity contribution in [1.82, 2.24) is 9.88 Å². The number of nitrogens with zero attached hydrogens (tertiary/aromatic N) is 2. The van der Waals surface area contributed by atoms with Crippen LogP contribution in [0, 0.1) is 0 Å². The first-order valence-electron chi connectivity index (χ1n) is 8.11. The zero-order valence-corrected chi connectivity index (χ0v) is 13.0. The molecule has 0 saturated carbocycles. The SMILES string of the molecule is OC1CC(c2ccccc2)N(Cc2cccc3cccnc23)C1. The van der Waals surface area contributed by atoms with Gasteiger partial charge < -0.3 is 5.11 Å². The van der Waals surface area contributed by atoms with Crippen LogP contribution in [0.4, 0.5) is 0 Å². The molecule has 1 aliphatic heterocycles. The Morgan fingerprint density at radius 3 is 2.70 bits per heavy atom. The summed E-state index contributed by atoms with van der Waals surface area (Å²) in [4.78, 5) is 6.92. The number of aliphatic hydroxyl groups excluding tert-OH is 1. The highest BCUT2D eigenvalue weighted by atomic mass is 16.3. The molecule has 1 fully saturated rings. The third-order valence-corrected chi connectivity index (χ3v) is 4.66. The van der Waals surface area contributed by atoms with Crippen molar-refractivity contribution in [2.75, 3.05) is 6.54 Å². The molecule has 3 nitrogen and oxygen atoms in total. The van der Waals surface area contributed by atoms with Crippen LogP contribution in [0.1, 0.15) is 23.6 Å². The lowest BCUT2D eigenvalue weighted by atomic mass is 10.0. The number of para-hydroxylation sites is 1. The Balaban J connectivity index is 1.66. The van der Waals surface area contributed by atoms with Gasteiger partial charge in [0.05, 0.1) is 11.6 Å². The molecule has 0 radical (unpaired) electrons. The van der Waals surface area contributed by atoms with Crippen molar-refractivity contribution < 1.29 is 5.11 Å². The van der Waals surface area contributed by atoms with Gasteiger partial charge in [-0.2, -0.15) is 0 Å². The van der Waals surface area contributed by atoms with E-state index < -0.39 is 0 Å². The van der Waals surface area contributed by atoms with E-state index in [2.05, 4.69) is 58.4 Å². The lowest BCUT2D eigenvalue weighted by Gasteiger charge is -2.25. The zero-order chi connectivity index (χ0) is 15.6. The standard InChI is InChI=1S/C20H20N2O/c23-18-12-19(15-6-2-1-3-7-15)22(14-18)13-17-9-4-8-16-10-5-11-21-20(16)17/h1-11,18-19,23H,12-14H2. The van der Waals surface area contributed by atoms with Crippen molar-refractivity contribution in [2.24, 2.45) is 0 Å². The molecule has 2 heterocycles. The van der Waals surface area contributed by atoms with Gasteiger partial charge in [-0.25, -0.2) is 0 Å². The van der Waals surface area contributed by atoms with Crippen LogP contribution in [0.5, 0.6) is 0 Å². The van der Waals surface area contributed by atoms with E-state index in [1.807, 2.05) is 18.3 Å². The second-order valence-corrected chi connectivity index (χ2v) is 6.24. The third-order valence-electron chi connectivity index (χ3n) is 4.66. The van der Waals surface area contributed by atoms with Gasteiger partial charge >= 0.3 is 0 Å². The molecule has 23 heavy (non-hydrogen) atoms. The van der Waals surface area contributed by atoms with Crippen LogP contribution in [0.2, 0.25) is 0 Å². The summed E-state index contributed by atoms with van der Waals surface area (Å²) in [7, 11) is 0. The molecule has 3 aromatic rings. The summed E-state index contributed by atoms with van der Waals surface area (Å²) in [5, 5.41) is 11.3. The maximum absolute atomic E-state index is 10.2. The van der Waals surface area contributed by atoms with Gasteiger partial charge in [-0.15, -0.1) is 0 Å². The Bertz CT molecular complexity index is 798. The summed E-state index contributed by atoms with van der Waals surface area (Å²) in [6.45, 7) is 1.52. The number of fused-ring (bicyclic) bond motifs is 1. The van der Waals surface area contributed by atoms with Gasteiger partial charge in [0.2, 0.25) is 0 Å². The largest absolute Gasteiger partial charge is 0.392 e. The molecule has 0 amide bonds. The smallest absolute Gasteiger partial charge is 0.0746 e. The molecule has 4 rings (SSSR count). The van der Waals surface area contributed by atoms with Gasteiger partial charge in [0.15, 0.2) is 0 Å². The first kappa shape index (κ1) is 14.4. The fraction of sp³-hybridized carbons (Fsp3) is 0.250. The van der Waals surface area contributed by atoms with Crippen LogP contribution in [0.25, 0.3) is 10.9 Å². The molecule has 1 aromatic heterocycles. The summed E-state index contributed by atoms with van der Waals surface area (Å²) in [6.07, 6.45) is 2.38. The Morgan fingerprint density at radius 1 is 1.00 bits per heavy atom. The summed E-state index contributed by atoms with van der Waals surface area (Å²) >= 11 is 0. The van der Waals surface area contributed by atoms with Crippen molar-refractivity contribution in [3.63, 3.8) is 0 Å². The summed E-state index contributed by atoms with van der Waals surface area (Å²) in [6, 6.07) is 21.1. The van der Waals surface area contributed by atoms with Crippen LogP contribution in [-0.2, 0) is 6.54 Å². The topological polar surface area (TPSA) is 36.4 Å². The van der Waals surface area contributed by atoms with Crippen LogP contribution in [0.3, 0.4) is 0 Å². The highest BCUT2D eigenvalue weighted by Gasteiger charge is 2.32. The Kier molecular flexibility index (Phi) is 3.82. The van der Waals surface area contributed by atoms with Crippen LogP contribution in [0.15, 0.2) is 66.9 Å². The van der Waals surface area contributed by atoms with E-state index in [-0.39, 0.29) is 12.1 Å². The second kappa shape index (κ2) is 6.11. The first-order chi connectivity index (χ1) is 11.3. The molecule has 2 unspecified atom stereocenters. The second-order valence-electron chi connectivity index (χ2n) is 6.24. The van der Waals surface area contributed by atoms with E-state index in [0.717, 1.165) is 18.5 Å².